The highest BCUT2D eigenvalue weighted by molar-refractivity contribution is 5.67. The quantitative estimate of drug-likeness (QED) is 0.138. The van der Waals surface area contributed by atoms with Crippen LogP contribution < -0.4 is 5.32 Å². The van der Waals surface area contributed by atoms with Gasteiger partial charge in [0.05, 0.1) is 13.2 Å². The third-order valence-electron chi connectivity index (χ3n) is 5.88. The van der Waals surface area contributed by atoms with Crippen LogP contribution in [0.2, 0.25) is 0 Å². The third-order valence-corrected chi connectivity index (χ3v) is 5.88. The fraction of sp³-hybridized carbons (Fsp3) is 0.950. The molecule has 13 nitrogen and oxygen atoms in total. The maximum absolute atomic E-state index is 11.1. The van der Waals surface area contributed by atoms with Crippen LogP contribution >= 0.6 is 0 Å². The molecule has 13 heteroatoms. The van der Waals surface area contributed by atoms with Gasteiger partial charge >= 0.3 is 5.97 Å². The molecule has 0 aromatic rings. The van der Waals surface area contributed by atoms with Gasteiger partial charge in [-0.15, -0.1) is 0 Å². The van der Waals surface area contributed by atoms with Crippen molar-refractivity contribution in [3.63, 3.8) is 0 Å². The number of aliphatic carboxylic acids is 1. The van der Waals surface area contributed by atoms with Gasteiger partial charge in [-0.05, 0) is 18.3 Å². The van der Waals surface area contributed by atoms with Gasteiger partial charge in [0.1, 0.15) is 55.1 Å². The van der Waals surface area contributed by atoms with Crippen LogP contribution in [0.5, 0.6) is 0 Å². The molecule has 9 N–H and O–H groups in total. The van der Waals surface area contributed by atoms with E-state index in [-0.39, 0.29) is 24.8 Å². The Labute approximate surface area is 191 Å². The van der Waals surface area contributed by atoms with Crippen molar-refractivity contribution in [2.45, 2.75) is 88.0 Å². The number of aliphatic hydroxyl groups excluding tert-OH is 7. The summed E-state index contributed by atoms with van der Waals surface area (Å²) >= 11 is 0. The Balaban J connectivity index is 2.05. The van der Waals surface area contributed by atoms with E-state index in [1.165, 1.54) is 0 Å². The molecule has 11 atom stereocenters. The van der Waals surface area contributed by atoms with E-state index in [1.54, 1.807) is 0 Å². The van der Waals surface area contributed by atoms with Crippen LogP contribution in [0, 0.1) is 11.8 Å². The fourth-order valence-corrected chi connectivity index (χ4v) is 4.19. The number of ether oxygens (including phenoxy) is 3. The highest BCUT2D eigenvalue weighted by atomic mass is 16.7. The molecule has 0 aliphatic carbocycles. The number of aliphatic hydroxyl groups is 7. The van der Waals surface area contributed by atoms with Crippen molar-refractivity contribution in [2.75, 3.05) is 19.8 Å². The lowest BCUT2D eigenvalue weighted by Gasteiger charge is -2.46. The summed E-state index contributed by atoms with van der Waals surface area (Å²) in [5.41, 5.74) is 0. The van der Waals surface area contributed by atoms with Crippen molar-refractivity contribution in [1.82, 2.24) is 5.32 Å². The molecule has 0 spiro atoms. The Hall–Kier alpha value is -0.970. The largest absolute Gasteiger partial charge is 0.481 e. The summed E-state index contributed by atoms with van der Waals surface area (Å²) in [6.07, 6.45) is -14.3. The van der Waals surface area contributed by atoms with Crippen molar-refractivity contribution in [1.29, 1.82) is 0 Å². The highest BCUT2D eigenvalue weighted by Crippen LogP contribution is 2.29. The van der Waals surface area contributed by atoms with Gasteiger partial charge in [0, 0.05) is 13.0 Å². The molecule has 0 saturated carbocycles. The van der Waals surface area contributed by atoms with Gasteiger partial charge in [-0.25, -0.2) is 0 Å². The maximum Gasteiger partial charge on any atom is 0.303 e. The van der Waals surface area contributed by atoms with Crippen molar-refractivity contribution in [3.8, 4) is 0 Å². The predicted molar refractivity (Wildman–Crippen MR) is 110 cm³/mol. The number of hydrogen-bond donors (Lipinski definition) is 9. The van der Waals surface area contributed by atoms with E-state index in [0.29, 0.717) is 6.42 Å². The van der Waals surface area contributed by atoms with Crippen LogP contribution in [-0.4, -0.2) is 128 Å². The molecular formula is C20H37NO12. The zero-order valence-corrected chi connectivity index (χ0v) is 18.7. The number of carboxylic acids is 1. The van der Waals surface area contributed by atoms with E-state index >= 15 is 0 Å². The van der Waals surface area contributed by atoms with Crippen molar-refractivity contribution in [3.05, 3.63) is 0 Å². The Morgan fingerprint density at radius 1 is 0.909 bits per heavy atom. The predicted octanol–water partition coefficient (Wildman–Crippen LogP) is -3.66. The molecule has 2 heterocycles. The van der Waals surface area contributed by atoms with E-state index in [9.17, 15) is 40.5 Å². The molecule has 2 aliphatic rings. The van der Waals surface area contributed by atoms with Gasteiger partial charge in [-0.2, -0.15) is 0 Å². The standard InChI is InChI=1S/C20H37NO12/c1-8(2)3-9(4-12(24)25)5-21-19-16(29)15(28)18(11(7-23)31-19)33-20-17(30)14(27)13(26)10(6-22)32-20/h8-11,13-23,26-30H,3-7H2,1-2H3,(H,24,25)/t9-,10+,11+,13-,14-,15+,16+,17+,18+,19?,20-/m0/s1. The van der Waals surface area contributed by atoms with Crippen molar-refractivity contribution >= 4 is 5.97 Å². The fourth-order valence-electron chi connectivity index (χ4n) is 4.19. The second kappa shape index (κ2) is 12.7. The lowest BCUT2D eigenvalue weighted by molar-refractivity contribution is -0.343. The summed E-state index contributed by atoms with van der Waals surface area (Å²) in [6, 6.07) is 0. The molecule has 0 bridgehead atoms. The van der Waals surface area contributed by atoms with Crippen LogP contribution in [0.1, 0.15) is 26.7 Å². The average molecular weight is 484 g/mol. The van der Waals surface area contributed by atoms with E-state index in [2.05, 4.69) is 5.32 Å². The molecule has 2 aliphatic heterocycles. The molecule has 2 saturated heterocycles. The molecule has 194 valence electrons. The average Bonchev–Trinajstić information content (AvgIpc) is 2.75. The Morgan fingerprint density at radius 3 is 2.09 bits per heavy atom. The number of rotatable bonds is 11. The Bertz CT molecular complexity index is 606. The lowest BCUT2D eigenvalue weighted by atomic mass is 9.93. The summed E-state index contributed by atoms with van der Waals surface area (Å²) in [6.45, 7) is 2.75. The van der Waals surface area contributed by atoms with Crippen LogP contribution in [0.3, 0.4) is 0 Å². The zero-order chi connectivity index (χ0) is 24.9. The monoisotopic (exact) mass is 483 g/mol. The van der Waals surface area contributed by atoms with E-state index < -0.39 is 80.5 Å². The van der Waals surface area contributed by atoms with Gasteiger partial charge in [-0.1, -0.05) is 13.8 Å². The first-order valence-corrected chi connectivity index (χ1v) is 11.0. The smallest absolute Gasteiger partial charge is 0.303 e. The second-order valence-corrected chi connectivity index (χ2v) is 9.06. The summed E-state index contributed by atoms with van der Waals surface area (Å²) in [7, 11) is 0. The van der Waals surface area contributed by atoms with Gasteiger partial charge in [0.2, 0.25) is 0 Å². The highest BCUT2D eigenvalue weighted by Gasteiger charge is 2.50. The minimum atomic E-state index is -1.74. The van der Waals surface area contributed by atoms with Crippen LogP contribution in [0.15, 0.2) is 0 Å². The third kappa shape index (κ3) is 7.26. The first kappa shape index (κ1) is 28.3. The Kier molecular flexibility index (Phi) is 10.8. The minimum Gasteiger partial charge on any atom is -0.481 e. The zero-order valence-electron chi connectivity index (χ0n) is 18.7. The van der Waals surface area contributed by atoms with Crippen LogP contribution in [0.4, 0.5) is 0 Å². The Morgan fingerprint density at radius 2 is 1.55 bits per heavy atom. The van der Waals surface area contributed by atoms with Gasteiger partial charge < -0.3 is 55.1 Å². The molecule has 2 fully saturated rings. The van der Waals surface area contributed by atoms with E-state index in [4.69, 9.17) is 19.3 Å². The summed E-state index contributed by atoms with van der Waals surface area (Å²) in [5, 5.41) is 82.1. The van der Waals surface area contributed by atoms with Gasteiger partial charge in [0.25, 0.3) is 0 Å². The van der Waals surface area contributed by atoms with Crippen molar-refractivity contribution in [2.24, 2.45) is 11.8 Å². The minimum absolute atomic E-state index is 0.0944. The topological polar surface area (TPSA) is 219 Å². The molecule has 0 aromatic heterocycles. The molecule has 0 amide bonds. The first-order valence-electron chi connectivity index (χ1n) is 11.0. The summed E-state index contributed by atoms with van der Waals surface area (Å²) in [4.78, 5) is 11.1. The molecule has 1 unspecified atom stereocenters. The van der Waals surface area contributed by atoms with E-state index in [1.807, 2.05) is 13.8 Å². The number of carboxylic acid groups (broad SMARTS) is 1. The molecule has 0 aromatic carbocycles. The lowest BCUT2D eigenvalue weighted by Crippen LogP contribution is -2.66. The van der Waals surface area contributed by atoms with Gasteiger partial charge in [0.15, 0.2) is 6.29 Å². The molecular weight excluding hydrogens is 446 g/mol. The molecule has 0 radical (unpaired) electrons. The number of nitrogens with one attached hydrogen (secondary N) is 1. The first-order chi connectivity index (χ1) is 15.5. The number of carbonyl (C=O) groups is 1. The van der Waals surface area contributed by atoms with Gasteiger partial charge in [-0.3, -0.25) is 10.1 Å². The number of hydrogen-bond acceptors (Lipinski definition) is 12. The van der Waals surface area contributed by atoms with Crippen LogP contribution in [0.25, 0.3) is 0 Å². The SMILES string of the molecule is CC(C)C[C@H](CNC1O[C@H](CO)[C@@H](O[C@@H]2O[C@H](CO)[C@H](O)[C@H](O)[C@H]2O)[C@H](O)[C@H]1O)CC(=O)O. The molecule has 2 rings (SSSR count). The summed E-state index contributed by atoms with van der Waals surface area (Å²) in [5.74, 6) is -0.986. The molecule has 33 heavy (non-hydrogen) atoms. The summed E-state index contributed by atoms with van der Waals surface area (Å²) < 4.78 is 16.4. The van der Waals surface area contributed by atoms with Crippen molar-refractivity contribution < 1.29 is 59.9 Å². The second-order valence-electron chi connectivity index (χ2n) is 9.06. The van der Waals surface area contributed by atoms with Crippen LogP contribution in [-0.2, 0) is 19.0 Å². The maximum atomic E-state index is 11.1. The van der Waals surface area contributed by atoms with E-state index in [0.717, 1.165) is 0 Å². The normalized spacial score (nSPS) is 40.7.